The quantitative estimate of drug-likeness (QED) is 0.397. The van der Waals surface area contributed by atoms with Crippen LogP contribution in [0.3, 0.4) is 0 Å². The second-order valence-corrected chi connectivity index (χ2v) is 6.01. The van der Waals surface area contributed by atoms with Gasteiger partial charge in [-0.25, -0.2) is 0 Å². The van der Waals surface area contributed by atoms with Crippen LogP contribution in [0.5, 0.6) is 11.5 Å². The maximum absolute atomic E-state index is 5.99. The van der Waals surface area contributed by atoms with Gasteiger partial charge in [0.1, 0.15) is 6.61 Å². The minimum atomic E-state index is 0.114. The first-order valence-electron chi connectivity index (χ1n) is 8.03. The van der Waals surface area contributed by atoms with Crippen molar-refractivity contribution in [3.63, 3.8) is 0 Å². The predicted molar refractivity (Wildman–Crippen MR) is 109 cm³/mol. The van der Waals surface area contributed by atoms with E-state index in [0.29, 0.717) is 18.1 Å². The van der Waals surface area contributed by atoms with E-state index in [1.54, 1.807) is 13.3 Å². The smallest absolute Gasteiger partial charge is 0.184 e. The lowest BCUT2D eigenvalue weighted by Crippen LogP contribution is -2.23. The summed E-state index contributed by atoms with van der Waals surface area (Å²) in [4.78, 5) is 0. The molecule has 0 heterocycles. The molecule has 0 bridgehead atoms. The fourth-order valence-electron chi connectivity index (χ4n) is 2.63. The van der Waals surface area contributed by atoms with Crippen LogP contribution < -0.4 is 20.6 Å². The first kappa shape index (κ1) is 17.7. The van der Waals surface area contributed by atoms with Crippen LogP contribution >= 0.6 is 12.2 Å². The van der Waals surface area contributed by atoms with Crippen molar-refractivity contribution >= 4 is 34.3 Å². The van der Waals surface area contributed by atoms with E-state index >= 15 is 0 Å². The zero-order valence-electron chi connectivity index (χ0n) is 14.3. The minimum absolute atomic E-state index is 0.114. The summed E-state index contributed by atoms with van der Waals surface area (Å²) in [5, 5.41) is 6.42. The molecular formula is C20H19N3O2S. The Hall–Kier alpha value is -3.12. The number of nitrogens with zero attached hydrogens (tertiary/aromatic N) is 1. The Morgan fingerprint density at radius 3 is 2.73 bits per heavy atom. The molecule has 0 atom stereocenters. The van der Waals surface area contributed by atoms with Crippen molar-refractivity contribution in [2.45, 2.75) is 6.61 Å². The lowest BCUT2D eigenvalue weighted by atomic mass is 10.1. The summed E-state index contributed by atoms with van der Waals surface area (Å²) in [7, 11) is 1.61. The van der Waals surface area contributed by atoms with E-state index in [9.17, 15) is 0 Å². The third-order valence-corrected chi connectivity index (χ3v) is 3.93. The average Bonchev–Trinajstić information content (AvgIpc) is 2.66. The van der Waals surface area contributed by atoms with Crippen LogP contribution in [-0.2, 0) is 6.61 Å². The number of hydrogen-bond donors (Lipinski definition) is 2. The topological polar surface area (TPSA) is 68.9 Å². The third kappa shape index (κ3) is 4.29. The molecule has 3 aromatic rings. The minimum Gasteiger partial charge on any atom is -0.493 e. The van der Waals surface area contributed by atoms with Crippen molar-refractivity contribution in [3.8, 4) is 11.5 Å². The molecule has 0 saturated carbocycles. The molecule has 6 heteroatoms. The lowest BCUT2D eigenvalue weighted by molar-refractivity contribution is 0.285. The van der Waals surface area contributed by atoms with Crippen LogP contribution in [0.2, 0.25) is 0 Å². The fourth-order valence-corrected chi connectivity index (χ4v) is 2.68. The Morgan fingerprint density at radius 1 is 1.12 bits per heavy atom. The molecule has 5 nitrogen and oxygen atoms in total. The van der Waals surface area contributed by atoms with Crippen molar-refractivity contribution in [1.29, 1.82) is 0 Å². The highest BCUT2D eigenvalue weighted by molar-refractivity contribution is 7.80. The van der Waals surface area contributed by atoms with Gasteiger partial charge in [0.15, 0.2) is 16.6 Å². The number of thiocarbonyl (C=S) groups is 1. The highest BCUT2D eigenvalue weighted by atomic mass is 32.1. The molecule has 3 aromatic carbocycles. The van der Waals surface area contributed by atoms with Gasteiger partial charge < -0.3 is 15.2 Å². The van der Waals surface area contributed by atoms with Crippen LogP contribution in [0.15, 0.2) is 65.8 Å². The number of ether oxygens (including phenoxy) is 2. The van der Waals surface area contributed by atoms with Gasteiger partial charge in [-0.3, -0.25) is 5.43 Å². The summed E-state index contributed by atoms with van der Waals surface area (Å²) in [5.74, 6) is 1.30. The van der Waals surface area contributed by atoms with Crippen LogP contribution in [-0.4, -0.2) is 18.4 Å². The molecular weight excluding hydrogens is 346 g/mol. The van der Waals surface area contributed by atoms with Gasteiger partial charge in [-0.2, -0.15) is 5.10 Å². The number of hydrogen-bond acceptors (Lipinski definition) is 4. The van der Waals surface area contributed by atoms with Crippen LogP contribution in [0, 0.1) is 0 Å². The summed E-state index contributed by atoms with van der Waals surface area (Å²) in [6, 6.07) is 20.0. The number of rotatable bonds is 6. The zero-order valence-corrected chi connectivity index (χ0v) is 15.1. The van der Waals surface area contributed by atoms with Gasteiger partial charge in [-0.15, -0.1) is 0 Å². The summed E-state index contributed by atoms with van der Waals surface area (Å²) >= 11 is 4.70. The van der Waals surface area contributed by atoms with Gasteiger partial charge >= 0.3 is 0 Å². The molecule has 0 radical (unpaired) electrons. The number of hydrazone groups is 1. The average molecular weight is 365 g/mol. The molecule has 0 aromatic heterocycles. The maximum atomic E-state index is 5.99. The van der Waals surface area contributed by atoms with E-state index in [2.05, 4.69) is 34.8 Å². The molecule has 0 amide bonds. The second kappa shape index (κ2) is 8.31. The Kier molecular flexibility index (Phi) is 5.66. The molecule has 132 valence electrons. The van der Waals surface area contributed by atoms with Gasteiger partial charge in [0.05, 0.1) is 13.3 Å². The Morgan fingerprint density at radius 2 is 1.92 bits per heavy atom. The second-order valence-electron chi connectivity index (χ2n) is 5.57. The van der Waals surface area contributed by atoms with Gasteiger partial charge in [-0.1, -0.05) is 42.5 Å². The fraction of sp³-hybridized carbons (Fsp3) is 0.100. The lowest BCUT2D eigenvalue weighted by Gasteiger charge is -2.12. The summed E-state index contributed by atoms with van der Waals surface area (Å²) in [6.07, 6.45) is 1.61. The molecule has 26 heavy (non-hydrogen) atoms. The summed E-state index contributed by atoms with van der Waals surface area (Å²) < 4.78 is 11.4. The zero-order chi connectivity index (χ0) is 18.4. The van der Waals surface area contributed by atoms with Crippen molar-refractivity contribution in [2.24, 2.45) is 10.8 Å². The van der Waals surface area contributed by atoms with Crippen LogP contribution in [0.4, 0.5) is 0 Å². The van der Waals surface area contributed by atoms with E-state index < -0.39 is 0 Å². The molecule has 0 fully saturated rings. The van der Waals surface area contributed by atoms with Crippen LogP contribution in [0.1, 0.15) is 11.1 Å². The van der Waals surface area contributed by atoms with Crippen LogP contribution in [0.25, 0.3) is 10.8 Å². The van der Waals surface area contributed by atoms with Crippen molar-refractivity contribution in [2.75, 3.05) is 7.11 Å². The summed E-state index contributed by atoms with van der Waals surface area (Å²) in [5.41, 5.74) is 9.81. The molecule has 0 saturated heterocycles. The van der Waals surface area contributed by atoms with Gasteiger partial charge in [0.25, 0.3) is 0 Å². The van der Waals surface area contributed by atoms with Crippen molar-refractivity contribution < 1.29 is 9.47 Å². The van der Waals surface area contributed by atoms with E-state index in [-0.39, 0.29) is 5.11 Å². The van der Waals surface area contributed by atoms with E-state index in [0.717, 1.165) is 11.1 Å². The van der Waals surface area contributed by atoms with Gasteiger partial charge in [0.2, 0.25) is 0 Å². The summed E-state index contributed by atoms with van der Waals surface area (Å²) in [6.45, 7) is 0.453. The molecule has 0 spiro atoms. The standard InChI is InChI=1S/C20H19N3O2S/c1-24-19-11-14(12-22-23-20(21)26)9-10-18(19)25-13-16-7-4-6-15-5-2-3-8-17(15)16/h2-12H,13H2,1H3,(H3,21,23,26)/b22-12-. The third-order valence-electron chi connectivity index (χ3n) is 3.84. The predicted octanol–water partition coefficient (Wildman–Crippen LogP) is 3.59. The Balaban J connectivity index is 1.77. The normalized spacial score (nSPS) is 10.8. The number of methoxy groups -OCH3 is 1. The highest BCUT2D eigenvalue weighted by Crippen LogP contribution is 2.29. The Labute approximate surface area is 157 Å². The molecule has 3 rings (SSSR count). The molecule has 3 N–H and O–H groups in total. The number of nitrogens with two attached hydrogens (primary N) is 1. The van der Waals surface area contributed by atoms with E-state index in [1.165, 1.54) is 10.8 Å². The maximum Gasteiger partial charge on any atom is 0.184 e. The number of fused-ring (bicyclic) bond motifs is 1. The SMILES string of the molecule is COc1cc(/C=N\NC(N)=S)ccc1OCc1cccc2ccccc12. The number of benzene rings is 3. The van der Waals surface area contributed by atoms with Crippen molar-refractivity contribution in [3.05, 3.63) is 71.8 Å². The van der Waals surface area contributed by atoms with Crippen molar-refractivity contribution in [1.82, 2.24) is 5.43 Å². The molecule has 0 aliphatic rings. The largest absolute Gasteiger partial charge is 0.493 e. The first-order chi connectivity index (χ1) is 12.7. The van der Waals surface area contributed by atoms with E-state index in [4.69, 9.17) is 27.4 Å². The molecule has 0 aliphatic heterocycles. The van der Waals surface area contributed by atoms with E-state index in [1.807, 2.05) is 36.4 Å². The van der Waals surface area contributed by atoms with Gasteiger partial charge in [0, 0.05) is 0 Å². The molecule has 0 aliphatic carbocycles. The highest BCUT2D eigenvalue weighted by Gasteiger charge is 2.07. The molecule has 0 unspecified atom stereocenters. The Bertz CT molecular complexity index is 951. The first-order valence-corrected chi connectivity index (χ1v) is 8.44. The number of nitrogens with one attached hydrogen (secondary N) is 1. The monoisotopic (exact) mass is 365 g/mol. The van der Waals surface area contributed by atoms with Gasteiger partial charge in [-0.05, 0) is 52.3 Å².